The van der Waals surface area contributed by atoms with Crippen LogP contribution in [0.25, 0.3) is 0 Å². The molecule has 0 aromatic heterocycles. The average Bonchev–Trinajstić information content (AvgIpc) is 2.95. The summed E-state index contributed by atoms with van der Waals surface area (Å²) >= 11 is 0. The minimum atomic E-state index is -4.39. The van der Waals surface area contributed by atoms with Gasteiger partial charge in [0, 0.05) is 31.5 Å². The van der Waals surface area contributed by atoms with Gasteiger partial charge in [-0.2, -0.15) is 13.2 Å². The van der Waals surface area contributed by atoms with Crippen LogP contribution >= 0.6 is 0 Å². The molecule has 11 heteroatoms. The highest BCUT2D eigenvalue weighted by Crippen LogP contribution is 2.36. The molecule has 0 aliphatic carbocycles. The Bertz CT molecular complexity index is 1200. The minimum absolute atomic E-state index is 0.123. The molecule has 224 valence electrons. The van der Waals surface area contributed by atoms with Gasteiger partial charge in [-0.15, -0.1) is 0 Å². The molecule has 0 unspecified atom stereocenters. The molecule has 41 heavy (non-hydrogen) atoms. The molecule has 4 rings (SSSR count). The van der Waals surface area contributed by atoms with Crippen LogP contribution in [0.2, 0.25) is 0 Å². The van der Waals surface area contributed by atoms with Crippen LogP contribution in [0.3, 0.4) is 0 Å². The van der Waals surface area contributed by atoms with Crippen LogP contribution in [0.5, 0.6) is 5.75 Å². The Kier molecular flexibility index (Phi) is 9.93. The molecule has 2 aromatic rings. The van der Waals surface area contributed by atoms with Crippen molar-refractivity contribution in [3.05, 3.63) is 59.2 Å². The molecule has 2 aliphatic heterocycles. The van der Waals surface area contributed by atoms with E-state index in [0.717, 1.165) is 43.6 Å². The van der Waals surface area contributed by atoms with Crippen LogP contribution in [-0.2, 0) is 17.5 Å². The lowest BCUT2D eigenvalue weighted by molar-refractivity contribution is -0.137. The molecule has 3 N–H and O–H groups in total. The van der Waals surface area contributed by atoms with Gasteiger partial charge in [-0.1, -0.05) is 25.1 Å². The van der Waals surface area contributed by atoms with Crippen molar-refractivity contribution in [3.63, 3.8) is 0 Å². The van der Waals surface area contributed by atoms with Gasteiger partial charge in [0.1, 0.15) is 6.10 Å². The first-order valence-electron chi connectivity index (χ1n) is 14.1. The minimum Gasteiger partial charge on any atom is -0.486 e. The number of alkyl halides is 3. The summed E-state index contributed by atoms with van der Waals surface area (Å²) in [5.74, 6) is -0.434. The van der Waals surface area contributed by atoms with Gasteiger partial charge in [-0.25, -0.2) is 0 Å². The average molecular weight is 577 g/mol. The van der Waals surface area contributed by atoms with Gasteiger partial charge in [0.15, 0.2) is 5.75 Å². The Hall–Kier alpha value is -3.15. The second-order valence-electron chi connectivity index (χ2n) is 11.2. The molecule has 8 nitrogen and oxygen atoms in total. The van der Waals surface area contributed by atoms with Crippen molar-refractivity contribution in [2.24, 2.45) is 11.8 Å². The van der Waals surface area contributed by atoms with E-state index in [1.807, 2.05) is 18.9 Å². The van der Waals surface area contributed by atoms with E-state index in [1.54, 1.807) is 30.0 Å². The number of hydrogen-bond acceptors (Lipinski definition) is 6. The maximum Gasteiger partial charge on any atom is 0.416 e. The van der Waals surface area contributed by atoms with Gasteiger partial charge in [0.2, 0.25) is 5.91 Å². The Morgan fingerprint density at radius 1 is 1.20 bits per heavy atom. The zero-order valence-electron chi connectivity index (χ0n) is 23.7. The third-order valence-corrected chi connectivity index (χ3v) is 7.88. The standard InChI is InChI=1S/C30H39F3N4O4/c1-19-15-37(20(2)18-38)29(40)24-5-4-6-25(35-28(39)22-11-13-34-14-12-22)27(24)41-26(19)17-36(3)16-21-7-9-23(10-8-21)30(31,32)33/h4-10,19-20,22,26,34,38H,11-18H2,1-3H3,(H,35,39)/t19-,20+,26+/m1/s1. The van der Waals surface area contributed by atoms with Crippen molar-refractivity contribution >= 4 is 17.5 Å². The number of carbonyl (C=O) groups excluding carboxylic acids is 2. The highest BCUT2D eigenvalue weighted by Gasteiger charge is 2.35. The fraction of sp³-hybridized carbons (Fsp3) is 0.533. The summed E-state index contributed by atoms with van der Waals surface area (Å²) in [6, 6.07) is 9.74. The van der Waals surface area contributed by atoms with Crippen LogP contribution in [0.15, 0.2) is 42.5 Å². The van der Waals surface area contributed by atoms with Crippen molar-refractivity contribution in [2.45, 2.75) is 51.6 Å². The smallest absolute Gasteiger partial charge is 0.416 e. The lowest BCUT2D eigenvalue weighted by Crippen LogP contribution is -2.49. The molecule has 1 fully saturated rings. The number of amides is 2. The Balaban J connectivity index is 1.60. The molecular formula is C30H39F3N4O4. The number of ether oxygens (including phenoxy) is 1. The number of rotatable bonds is 8. The quantitative estimate of drug-likeness (QED) is 0.440. The van der Waals surface area contributed by atoms with Crippen LogP contribution in [0.1, 0.15) is 48.2 Å². The summed E-state index contributed by atoms with van der Waals surface area (Å²) in [6.07, 6.45) is -3.38. The van der Waals surface area contributed by atoms with Gasteiger partial charge in [0.25, 0.3) is 5.91 Å². The fourth-order valence-electron chi connectivity index (χ4n) is 5.36. The number of halogens is 3. The van der Waals surface area contributed by atoms with Gasteiger partial charge in [0.05, 0.1) is 29.5 Å². The number of nitrogens with one attached hydrogen (secondary N) is 2. The first kappa shape index (κ1) is 30.8. The largest absolute Gasteiger partial charge is 0.486 e. The predicted octanol–water partition coefficient (Wildman–Crippen LogP) is 4.00. The number of carbonyl (C=O) groups is 2. The van der Waals surface area contributed by atoms with E-state index in [1.165, 1.54) is 12.1 Å². The SMILES string of the molecule is C[C@@H]1CN([C@@H](C)CO)C(=O)c2cccc(NC(=O)C3CCNCC3)c2O[C@H]1CN(C)Cc1ccc(C(F)(F)F)cc1. The molecule has 0 bridgehead atoms. The number of fused-ring (bicyclic) bond motifs is 1. The monoisotopic (exact) mass is 576 g/mol. The van der Waals surface area contributed by atoms with Crippen molar-refractivity contribution in [1.29, 1.82) is 0 Å². The van der Waals surface area contributed by atoms with Crippen molar-refractivity contribution in [2.75, 3.05) is 45.2 Å². The van der Waals surface area contributed by atoms with E-state index < -0.39 is 23.9 Å². The second kappa shape index (κ2) is 13.2. The normalized spacial score (nSPS) is 21.1. The van der Waals surface area contributed by atoms with Gasteiger partial charge >= 0.3 is 6.18 Å². The number of hydrogen-bond donors (Lipinski definition) is 3. The predicted molar refractivity (Wildman–Crippen MR) is 150 cm³/mol. The number of nitrogens with zero attached hydrogens (tertiary/aromatic N) is 2. The van der Waals surface area contributed by atoms with Crippen molar-refractivity contribution in [1.82, 2.24) is 15.1 Å². The summed E-state index contributed by atoms with van der Waals surface area (Å²) in [6.45, 7) is 6.19. The zero-order chi connectivity index (χ0) is 29.7. The number of aliphatic hydroxyl groups is 1. The second-order valence-corrected chi connectivity index (χ2v) is 11.2. The molecule has 1 saturated heterocycles. The molecule has 2 aromatic carbocycles. The van der Waals surface area contributed by atoms with E-state index in [2.05, 4.69) is 10.6 Å². The van der Waals surface area contributed by atoms with E-state index >= 15 is 0 Å². The summed E-state index contributed by atoms with van der Waals surface area (Å²) < 4.78 is 45.5. The van der Waals surface area contributed by atoms with E-state index in [4.69, 9.17) is 4.74 Å². The lowest BCUT2D eigenvalue weighted by Gasteiger charge is -2.38. The maximum atomic E-state index is 13.7. The number of piperidine rings is 1. The first-order chi connectivity index (χ1) is 19.5. The molecule has 2 amide bonds. The van der Waals surface area contributed by atoms with Gasteiger partial charge in [-0.3, -0.25) is 14.5 Å². The Labute approximate surface area is 238 Å². The highest BCUT2D eigenvalue weighted by atomic mass is 19.4. The Morgan fingerprint density at radius 3 is 2.51 bits per heavy atom. The van der Waals surface area contributed by atoms with E-state index in [0.29, 0.717) is 30.9 Å². The molecule has 2 heterocycles. The van der Waals surface area contributed by atoms with Gasteiger partial charge < -0.3 is 25.4 Å². The Morgan fingerprint density at radius 2 is 1.88 bits per heavy atom. The van der Waals surface area contributed by atoms with Crippen LogP contribution in [-0.4, -0.2) is 78.7 Å². The molecule has 3 atom stereocenters. The maximum absolute atomic E-state index is 13.7. The molecule has 2 aliphatic rings. The van der Waals surface area contributed by atoms with E-state index in [-0.39, 0.29) is 36.0 Å². The van der Waals surface area contributed by atoms with Crippen LogP contribution < -0.4 is 15.4 Å². The number of aliphatic hydroxyl groups excluding tert-OH is 1. The summed E-state index contributed by atoms with van der Waals surface area (Å²) in [4.78, 5) is 30.4. The van der Waals surface area contributed by atoms with Crippen LogP contribution in [0.4, 0.5) is 18.9 Å². The molecular weight excluding hydrogens is 537 g/mol. The number of para-hydroxylation sites is 1. The van der Waals surface area contributed by atoms with Crippen molar-refractivity contribution < 1.29 is 32.6 Å². The summed E-state index contributed by atoms with van der Waals surface area (Å²) in [5, 5.41) is 16.1. The topological polar surface area (TPSA) is 94.1 Å². The highest BCUT2D eigenvalue weighted by molar-refractivity contribution is 6.02. The number of anilines is 1. The van der Waals surface area contributed by atoms with Gasteiger partial charge in [-0.05, 0) is 69.7 Å². The summed E-state index contributed by atoms with van der Waals surface area (Å²) in [5.41, 5.74) is 0.746. The number of likely N-dealkylation sites (N-methyl/N-ethyl adjacent to an activating group) is 1. The third-order valence-electron chi connectivity index (χ3n) is 7.88. The van der Waals surface area contributed by atoms with Crippen molar-refractivity contribution in [3.8, 4) is 5.75 Å². The lowest BCUT2D eigenvalue weighted by atomic mass is 9.96. The zero-order valence-corrected chi connectivity index (χ0v) is 23.7. The molecule has 0 saturated carbocycles. The third kappa shape index (κ3) is 7.58. The summed E-state index contributed by atoms with van der Waals surface area (Å²) in [7, 11) is 1.86. The first-order valence-corrected chi connectivity index (χ1v) is 14.1. The number of benzene rings is 2. The fourth-order valence-corrected chi connectivity index (χ4v) is 5.36. The molecule has 0 spiro atoms. The molecule has 0 radical (unpaired) electrons. The van der Waals surface area contributed by atoms with E-state index in [9.17, 15) is 27.9 Å². The van der Waals surface area contributed by atoms with Crippen LogP contribution in [0, 0.1) is 11.8 Å².